The Morgan fingerprint density at radius 2 is 0.500 bits per heavy atom. The van der Waals surface area contributed by atoms with Crippen molar-refractivity contribution in [3.05, 3.63) is 154 Å². The summed E-state index contributed by atoms with van der Waals surface area (Å²) >= 11 is 0. The first-order valence-corrected chi connectivity index (χ1v) is 22.6. The molecule has 0 saturated carbocycles. The number of hydrogen-bond donors (Lipinski definition) is 0. The Morgan fingerprint density at radius 1 is 0.381 bits per heavy atom. The standard InChI is InChI=1S/2C22H32N2O4.2C2H4O2.2Dy.4NO3.2Zn/c2*1-15-9-17(21(25)19(11-15)27-5)13-23(3)7-8-24(4)14-18-10-16(2)12-20(28-6)22(18)26;2*1-2(3)4;;;4*2-1(3)4;;/h2*9-12,25-26H,7-8,13-14H2,1-6H3;2*1H3,(H,3,4);;;;;;;;/q;;;;2*+3;4*-1;2*+2/p-6. The van der Waals surface area contributed by atoms with Gasteiger partial charge in [-0.15, -0.1) is 0 Å². The van der Waals surface area contributed by atoms with Gasteiger partial charge in [0.2, 0.25) is 0 Å². The van der Waals surface area contributed by atoms with Crippen LogP contribution in [-0.4, -0.2) is 135 Å². The Labute approximate surface area is 571 Å². The molecule has 4 aromatic rings. The van der Waals surface area contributed by atoms with Gasteiger partial charge in [0.05, 0.1) is 48.8 Å². The minimum absolute atomic E-state index is 0. The number of methoxy groups -OCH3 is 4. The van der Waals surface area contributed by atoms with E-state index in [0.717, 1.165) is 84.5 Å². The second-order valence-corrected chi connectivity index (χ2v) is 16.7. The number of benzene rings is 4. The van der Waals surface area contributed by atoms with Crippen molar-refractivity contribution >= 4 is 11.9 Å². The minimum Gasteiger partial charge on any atom is -0.870 e. The maximum Gasteiger partial charge on any atom is 3.00 e. The molecule has 0 fully saturated rings. The van der Waals surface area contributed by atoms with Crippen molar-refractivity contribution in [1.29, 1.82) is 0 Å². The number of aryl methyl sites for hydroxylation is 4. The van der Waals surface area contributed by atoms with Crippen molar-refractivity contribution < 1.29 is 195 Å². The van der Waals surface area contributed by atoms with Gasteiger partial charge in [-0.3, -0.25) is 0 Å². The Hall–Kier alpha value is -5.35. The van der Waals surface area contributed by atoms with Crippen molar-refractivity contribution in [2.45, 2.75) is 67.7 Å². The summed E-state index contributed by atoms with van der Waals surface area (Å²) in [4.78, 5) is 59.2. The third kappa shape index (κ3) is 51.1. The third-order valence-corrected chi connectivity index (χ3v) is 9.47. The van der Waals surface area contributed by atoms with Crippen LogP contribution in [-0.2, 0) is 74.7 Å². The van der Waals surface area contributed by atoms with E-state index in [2.05, 4.69) is 19.6 Å². The molecular formula is C48H66Dy2N8O24Zn2. The number of carboxylic acid groups (broad SMARTS) is 2. The molecule has 0 heterocycles. The first kappa shape index (κ1) is 95.0. The second-order valence-electron chi connectivity index (χ2n) is 16.7. The van der Waals surface area contributed by atoms with Crippen LogP contribution in [0.5, 0.6) is 46.0 Å². The molecule has 84 heavy (non-hydrogen) atoms. The van der Waals surface area contributed by atoms with E-state index in [1.165, 1.54) is 28.4 Å². The van der Waals surface area contributed by atoms with Crippen LogP contribution in [0.15, 0.2) is 48.5 Å². The number of carbonyl (C=O) groups is 2. The van der Waals surface area contributed by atoms with Gasteiger partial charge < -0.3 is 140 Å². The Kier molecular flexibility index (Phi) is 60.1. The maximum atomic E-state index is 12.4. The van der Waals surface area contributed by atoms with Crippen molar-refractivity contribution in [3.8, 4) is 46.0 Å². The van der Waals surface area contributed by atoms with E-state index >= 15 is 0 Å². The minimum atomic E-state index is -1.75. The molecule has 0 spiro atoms. The fraction of sp³-hybridized carbons (Fsp3) is 0.458. The molecule has 0 aliphatic rings. The van der Waals surface area contributed by atoms with Gasteiger partial charge in [0.1, 0.15) is 23.0 Å². The normalized spacial score (nSPS) is 9.26. The van der Waals surface area contributed by atoms with Gasteiger partial charge in [0.15, 0.2) is 0 Å². The number of hydrogen-bond acceptors (Lipinski definition) is 28. The van der Waals surface area contributed by atoms with Crippen LogP contribution in [0.1, 0.15) is 58.4 Å². The van der Waals surface area contributed by atoms with E-state index in [4.69, 9.17) is 100 Å². The van der Waals surface area contributed by atoms with E-state index in [9.17, 15) is 20.4 Å². The Balaban J connectivity index is -0.000000160. The van der Waals surface area contributed by atoms with Crippen molar-refractivity contribution in [3.63, 3.8) is 0 Å². The summed E-state index contributed by atoms with van der Waals surface area (Å²) < 4.78 is 20.7. The molecule has 0 saturated heterocycles. The zero-order valence-corrected chi connectivity index (χ0v) is 58.7. The zero-order valence-electron chi connectivity index (χ0n) is 48.7. The van der Waals surface area contributed by atoms with Crippen LogP contribution in [0.4, 0.5) is 0 Å². The Bertz CT molecular complexity index is 2180. The van der Waals surface area contributed by atoms with Crippen LogP contribution in [0.3, 0.4) is 0 Å². The van der Waals surface area contributed by atoms with E-state index in [1.807, 2.05) is 80.2 Å². The molecule has 0 amide bonds. The summed E-state index contributed by atoms with van der Waals surface area (Å²) in [6.45, 7) is 15.0. The van der Waals surface area contributed by atoms with Gasteiger partial charge in [-0.2, -0.15) is 0 Å². The summed E-state index contributed by atoms with van der Waals surface area (Å²) in [5, 5.41) is 126. The van der Waals surface area contributed by atoms with Crippen LogP contribution in [0.25, 0.3) is 0 Å². The Morgan fingerprint density at radius 3 is 0.607 bits per heavy atom. The van der Waals surface area contributed by atoms with E-state index in [-0.39, 0.29) is 138 Å². The summed E-state index contributed by atoms with van der Waals surface area (Å²) in [5.74, 6) is -0.859. The number of likely N-dealkylation sites (N-methyl/N-ethyl adjacent to an activating group) is 4. The molecule has 0 aliphatic heterocycles. The topological polar surface area (TPSA) is 487 Å². The smallest absolute Gasteiger partial charge is 0.870 e. The number of nitrogens with zero attached hydrogens (tertiary/aromatic N) is 8. The molecule has 466 valence electrons. The van der Waals surface area contributed by atoms with Crippen LogP contribution in [0.2, 0.25) is 0 Å². The number of rotatable bonds is 18. The van der Waals surface area contributed by atoms with Gasteiger partial charge in [0, 0.05) is 64.3 Å². The molecule has 0 atom stereocenters. The predicted molar refractivity (Wildman–Crippen MR) is 277 cm³/mol. The average Bonchev–Trinajstić information content (AvgIpc) is 3.31. The zero-order chi connectivity index (χ0) is 63.2. The first-order valence-electron chi connectivity index (χ1n) is 22.6. The molecule has 0 N–H and O–H groups in total. The molecule has 0 aromatic heterocycles. The molecule has 0 aliphatic carbocycles. The van der Waals surface area contributed by atoms with E-state index in [1.54, 1.807) is 24.3 Å². The van der Waals surface area contributed by atoms with Gasteiger partial charge in [-0.1, -0.05) is 47.3 Å². The largest absolute Gasteiger partial charge is 3.00 e. The summed E-state index contributed by atoms with van der Waals surface area (Å²) in [6.07, 6.45) is 0. The molecule has 2 radical (unpaired) electrons. The fourth-order valence-electron chi connectivity index (χ4n) is 6.49. The van der Waals surface area contributed by atoms with E-state index in [0.29, 0.717) is 49.2 Å². The second kappa shape index (κ2) is 53.1. The third-order valence-electron chi connectivity index (χ3n) is 9.47. The molecule has 0 unspecified atom stereocenters. The van der Waals surface area contributed by atoms with Crippen molar-refractivity contribution in [2.75, 3.05) is 82.8 Å². The van der Waals surface area contributed by atoms with Crippen LogP contribution < -0.4 is 49.6 Å². The summed E-state index contributed by atoms with van der Waals surface area (Å²) in [7, 11) is 14.0. The first-order chi connectivity index (χ1) is 36.9. The SMILES string of the molecule is CC(=O)[O-].CC(=O)[O-].COc1cc(C)cc(CN(C)CCN(C)Cc2cc(C)cc(OC)c2[O-])c1[O-].COc1cc(C)cc(CN(C)CCN(C)Cc2cc(C)cc(OC)c2[O-])c1[O-].O=[N+]([O-])[O-].O=[N+]([O-])[O-].O=[N+]([O-])[O-].O=[N+]([O-])[O-].[Dy+3].[Dy+3].[Zn+2].[Zn+2]. The van der Waals surface area contributed by atoms with Gasteiger partial charge in [0.25, 0.3) is 0 Å². The molecule has 32 nitrogen and oxygen atoms in total. The number of ether oxygens (including phenoxy) is 4. The molecule has 36 heteroatoms. The molecule has 0 bridgehead atoms. The van der Waals surface area contributed by atoms with Crippen molar-refractivity contribution in [1.82, 2.24) is 19.6 Å². The number of aliphatic carboxylic acids is 2. The van der Waals surface area contributed by atoms with Crippen molar-refractivity contribution in [2.24, 2.45) is 0 Å². The monoisotopic (exact) mass is 1590 g/mol. The number of carboxylic acids is 2. The van der Waals surface area contributed by atoms with Crippen LogP contribution >= 0.6 is 0 Å². The number of carbonyl (C=O) groups excluding carboxylic acids is 2. The predicted octanol–water partition coefficient (Wildman–Crippen LogP) is 0.614. The molecule has 4 rings (SSSR count). The maximum absolute atomic E-state index is 12.4. The summed E-state index contributed by atoms with van der Waals surface area (Å²) in [5.41, 5.74) is 6.95. The van der Waals surface area contributed by atoms with Gasteiger partial charge >= 0.3 is 115 Å². The molecular weight excluding hydrogens is 1530 g/mol. The molecule has 4 aromatic carbocycles. The quantitative estimate of drug-likeness (QED) is 0.0748. The average molecular weight is 1590 g/mol. The van der Waals surface area contributed by atoms with Crippen LogP contribution in [0, 0.1) is 165 Å². The van der Waals surface area contributed by atoms with Gasteiger partial charge in [-0.25, -0.2) is 0 Å². The summed E-state index contributed by atoms with van der Waals surface area (Å²) in [6, 6.07) is 14.7. The van der Waals surface area contributed by atoms with Gasteiger partial charge in [-0.05, 0) is 139 Å². The van der Waals surface area contributed by atoms with E-state index < -0.39 is 32.3 Å². The fourth-order valence-corrected chi connectivity index (χ4v) is 6.49.